The van der Waals surface area contributed by atoms with Crippen LogP contribution < -0.4 is 0 Å². The number of carbonyl (C=O) groups is 1. The first-order valence-electron chi connectivity index (χ1n) is 9.91. The highest BCUT2D eigenvalue weighted by Crippen LogP contribution is 2.23. The van der Waals surface area contributed by atoms with Gasteiger partial charge in [0.1, 0.15) is 0 Å². The van der Waals surface area contributed by atoms with Crippen molar-refractivity contribution in [1.82, 2.24) is 14.4 Å². The molecule has 5 nitrogen and oxygen atoms in total. The van der Waals surface area contributed by atoms with E-state index in [0.29, 0.717) is 19.1 Å². The molecular weight excluding hydrogens is 326 g/mol. The Morgan fingerprint density at radius 1 is 1.12 bits per heavy atom. The molecule has 0 saturated carbocycles. The van der Waals surface area contributed by atoms with E-state index >= 15 is 0 Å². The third-order valence-electron chi connectivity index (χ3n) is 5.84. The Balaban J connectivity index is 1.34. The van der Waals surface area contributed by atoms with Crippen molar-refractivity contribution in [3.05, 3.63) is 36.0 Å². The van der Waals surface area contributed by atoms with E-state index in [-0.39, 0.29) is 5.92 Å². The fraction of sp³-hybridized carbons (Fsp3) is 0.571. The summed E-state index contributed by atoms with van der Waals surface area (Å²) in [5, 5.41) is 1.31. The molecule has 5 heteroatoms. The molecule has 0 spiro atoms. The standard InChI is InChI=1S/C21H29N3O2/c1-2-23-10-7-18-4-3-17(15-20(18)23)16-22-8-5-19(6-9-22)21(25)24-11-13-26-14-12-24/h3-4,7,10,15,19H,2,5-6,8-9,11-14,16H2,1H3. The number of carbonyl (C=O) groups excluding carboxylic acids is 1. The van der Waals surface area contributed by atoms with Gasteiger partial charge in [-0.1, -0.05) is 12.1 Å². The zero-order valence-corrected chi connectivity index (χ0v) is 15.7. The molecule has 1 amide bonds. The van der Waals surface area contributed by atoms with Crippen molar-refractivity contribution in [2.24, 2.45) is 5.92 Å². The summed E-state index contributed by atoms with van der Waals surface area (Å²) in [7, 11) is 0. The highest BCUT2D eigenvalue weighted by molar-refractivity contribution is 5.81. The van der Waals surface area contributed by atoms with Gasteiger partial charge in [-0.15, -0.1) is 0 Å². The van der Waals surface area contributed by atoms with Crippen molar-refractivity contribution in [2.75, 3.05) is 39.4 Å². The number of ether oxygens (including phenoxy) is 1. The van der Waals surface area contributed by atoms with Crippen LogP contribution in [0.4, 0.5) is 0 Å². The van der Waals surface area contributed by atoms with Crippen LogP contribution in [0.15, 0.2) is 30.5 Å². The molecule has 0 aliphatic carbocycles. The van der Waals surface area contributed by atoms with Crippen LogP contribution in [0.1, 0.15) is 25.3 Å². The summed E-state index contributed by atoms with van der Waals surface area (Å²) >= 11 is 0. The average Bonchev–Trinajstić information content (AvgIpc) is 3.11. The number of aryl methyl sites for hydroxylation is 1. The molecule has 2 aliphatic heterocycles. The van der Waals surface area contributed by atoms with Gasteiger partial charge in [0.2, 0.25) is 5.91 Å². The van der Waals surface area contributed by atoms with Gasteiger partial charge in [-0.25, -0.2) is 0 Å². The fourth-order valence-electron chi connectivity index (χ4n) is 4.24. The van der Waals surface area contributed by atoms with Crippen LogP contribution in [0.5, 0.6) is 0 Å². The van der Waals surface area contributed by atoms with E-state index in [1.807, 2.05) is 4.90 Å². The van der Waals surface area contributed by atoms with Gasteiger partial charge in [0.15, 0.2) is 0 Å². The van der Waals surface area contributed by atoms with Crippen LogP contribution in [-0.2, 0) is 22.6 Å². The molecule has 140 valence electrons. The Kier molecular flexibility index (Phi) is 5.27. The zero-order chi connectivity index (χ0) is 17.9. The highest BCUT2D eigenvalue weighted by atomic mass is 16.5. The van der Waals surface area contributed by atoms with Gasteiger partial charge >= 0.3 is 0 Å². The number of fused-ring (bicyclic) bond motifs is 1. The minimum absolute atomic E-state index is 0.198. The Morgan fingerprint density at radius 2 is 1.88 bits per heavy atom. The van der Waals surface area contributed by atoms with Crippen molar-refractivity contribution in [3.63, 3.8) is 0 Å². The van der Waals surface area contributed by atoms with Crippen molar-refractivity contribution >= 4 is 16.8 Å². The van der Waals surface area contributed by atoms with Crippen LogP contribution >= 0.6 is 0 Å². The van der Waals surface area contributed by atoms with Crippen LogP contribution in [0.2, 0.25) is 0 Å². The van der Waals surface area contributed by atoms with Gasteiger partial charge in [-0.2, -0.15) is 0 Å². The monoisotopic (exact) mass is 355 g/mol. The topological polar surface area (TPSA) is 37.7 Å². The Morgan fingerprint density at radius 3 is 2.62 bits per heavy atom. The lowest BCUT2D eigenvalue weighted by Gasteiger charge is -2.35. The second-order valence-electron chi connectivity index (χ2n) is 7.48. The molecule has 0 radical (unpaired) electrons. The van der Waals surface area contributed by atoms with Crippen LogP contribution in [0.25, 0.3) is 10.9 Å². The molecule has 0 atom stereocenters. The number of benzene rings is 1. The molecule has 26 heavy (non-hydrogen) atoms. The van der Waals surface area contributed by atoms with E-state index < -0.39 is 0 Å². The lowest BCUT2D eigenvalue weighted by atomic mass is 9.94. The maximum absolute atomic E-state index is 12.7. The largest absolute Gasteiger partial charge is 0.378 e. The summed E-state index contributed by atoms with van der Waals surface area (Å²) < 4.78 is 7.66. The molecule has 1 aromatic heterocycles. The van der Waals surface area contributed by atoms with Crippen LogP contribution in [0.3, 0.4) is 0 Å². The van der Waals surface area contributed by atoms with Gasteiger partial charge in [0.25, 0.3) is 0 Å². The molecule has 2 fully saturated rings. The SMILES string of the molecule is CCn1ccc2ccc(CN3CCC(C(=O)N4CCOCC4)CC3)cc21. The summed E-state index contributed by atoms with van der Waals surface area (Å²) in [4.78, 5) is 17.1. The van der Waals surface area contributed by atoms with Crippen molar-refractivity contribution in [1.29, 1.82) is 0 Å². The summed E-state index contributed by atoms with van der Waals surface area (Å²) in [6, 6.07) is 8.98. The number of likely N-dealkylation sites (tertiary alicyclic amines) is 1. The second-order valence-corrected chi connectivity index (χ2v) is 7.48. The van der Waals surface area contributed by atoms with Crippen molar-refractivity contribution in [2.45, 2.75) is 32.9 Å². The van der Waals surface area contributed by atoms with E-state index in [4.69, 9.17) is 4.74 Å². The molecular formula is C21H29N3O2. The number of hydrogen-bond donors (Lipinski definition) is 0. The van der Waals surface area contributed by atoms with E-state index in [1.54, 1.807) is 0 Å². The van der Waals surface area contributed by atoms with Crippen LogP contribution in [-0.4, -0.2) is 59.7 Å². The molecule has 4 rings (SSSR count). The van der Waals surface area contributed by atoms with Gasteiger partial charge in [-0.3, -0.25) is 9.69 Å². The van der Waals surface area contributed by atoms with E-state index in [9.17, 15) is 4.79 Å². The number of piperidine rings is 1. The number of amides is 1. The Bertz CT molecular complexity index is 756. The predicted octanol–water partition coefficient (Wildman–Crippen LogP) is 2.73. The Hall–Kier alpha value is -1.85. The average molecular weight is 355 g/mol. The molecule has 2 aliphatic rings. The molecule has 0 N–H and O–H groups in total. The predicted molar refractivity (Wildman–Crippen MR) is 103 cm³/mol. The molecule has 3 heterocycles. The molecule has 0 bridgehead atoms. The fourth-order valence-corrected chi connectivity index (χ4v) is 4.24. The first-order chi connectivity index (χ1) is 12.7. The number of morpholine rings is 1. The van der Waals surface area contributed by atoms with Gasteiger partial charge < -0.3 is 14.2 Å². The van der Waals surface area contributed by atoms with Gasteiger partial charge in [0, 0.05) is 43.8 Å². The minimum Gasteiger partial charge on any atom is -0.378 e. The minimum atomic E-state index is 0.198. The zero-order valence-electron chi connectivity index (χ0n) is 15.7. The highest BCUT2D eigenvalue weighted by Gasteiger charge is 2.29. The third kappa shape index (κ3) is 3.64. The lowest BCUT2D eigenvalue weighted by molar-refractivity contribution is -0.141. The van der Waals surface area contributed by atoms with Crippen molar-refractivity contribution in [3.8, 4) is 0 Å². The first-order valence-corrected chi connectivity index (χ1v) is 9.91. The summed E-state index contributed by atoms with van der Waals surface area (Å²) in [6.45, 7) is 9.07. The summed E-state index contributed by atoms with van der Waals surface area (Å²) in [5.74, 6) is 0.541. The number of aromatic nitrogens is 1. The number of rotatable bonds is 4. The van der Waals surface area contributed by atoms with E-state index in [2.05, 4.69) is 46.9 Å². The van der Waals surface area contributed by atoms with E-state index in [1.165, 1.54) is 16.5 Å². The maximum Gasteiger partial charge on any atom is 0.225 e. The Labute approximate surface area is 155 Å². The number of hydrogen-bond acceptors (Lipinski definition) is 3. The van der Waals surface area contributed by atoms with Crippen LogP contribution in [0, 0.1) is 5.92 Å². The second kappa shape index (κ2) is 7.80. The molecule has 0 unspecified atom stereocenters. The smallest absolute Gasteiger partial charge is 0.225 e. The molecule has 1 aromatic carbocycles. The quantitative estimate of drug-likeness (QED) is 0.846. The number of nitrogens with zero attached hydrogens (tertiary/aromatic N) is 3. The van der Waals surface area contributed by atoms with Gasteiger partial charge in [0.05, 0.1) is 13.2 Å². The summed E-state index contributed by atoms with van der Waals surface area (Å²) in [5.41, 5.74) is 2.69. The molecule has 2 saturated heterocycles. The lowest BCUT2D eigenvalue weighted by Crippen LogP contribution is -2.46. The van der Waals surface area contributed by atoms with Gasteiger partial charge in [-0.05, 0) is 55.9 Å². The van der Waals surface area contributed by atoms with E-state index in [0.717, 1.165) is 52.1 Å². The summed E-state index contributed by atoms with van der Waals surface area (Å²) in [6.07, 6.45) is 4.12. The maximum atomic E-state index is 12.7. The first kappa shape index (κ1) is 17.6. The normalized spacial score (nSPS) is 20.0. The molecule has 2 aromatic rings. The van der Waals surface area contributed by atoms with Crippen molar-refractivity contribution < 1.29 is 9.53 Å². The third-order valence-corrected chi connectivity index (χ3v) is 5.84.